The molecule has 0 aliphatic carbocycles. The molecule has 0 spiro atoms. The van der Waals surface area contributed by atoms with Crippen molar-refractivity contribution in [3.05, 3.63) is 59.2 Å². The minimum Gasteiger partial charge on any atom is -0.368 e. The third-order valence-corrected chi connectivity index (χ3v) is 8.12. The van der Waals surface area contributed by atoms with Crippen LogP contribution < -0.4 is 4.90 Å². The van der Waals surface area contributed by atoms with Crippen molar-refractivity contribution in [1.82, 2.24) is 8.87 Å². The van der Waals surface area contributed by atoms with Gasteiger partial charge in [0.15, 0.2) is 6.29 Å². The number of hydrogen-bond donors (Lipinski definition) is 0. The molecule has 0 atom stereocenters. The van der Waals surface area contributed by atoms with Crippen molar-refractivity contribution in [1.29, 1.82) is 0 Å². The van der Waals surface area contributed by atoms with Crippen LogP contribution in [0.15, 0.2) is 53.6 Å². The number of aromatic nitrogens is 1. The maximum atomic E-state index is 13.2. The Morgan fingerprint density at radius 3 is 2.27 bits per heavy atom. The molecule has 4 rings (SSSR count). The van der Waals surface area contributed by atoms with Gasteiger partial charge < -0.3 is 9.80 Å². The standard InChI is InChI=1S/C21H17Cl4N3O4S/c22-17-3-1-2-4-19(17)33(31,32)28-12-14(13-29)16-11-15(5-6-18(16)28)26-7-9-27(10-8-26)20(30)21(23,24)25/h1-6,11-13H,7-10H2. The molecule has 0 radical (unpaired) electrons. The van der Waals surface area contributed by atoms with Crippen LogP contribution in [-0.4, -0.2) is 59.5 Å². The maximum Gasteiger partial charge on any atom is 0.274 e. The van der Waals surface area contributed by atoms with Crippen LogP contribution in [0.4, 0.5) is 5.69 Å². The van der Waals surface area contributed by atoms with Crippen molar-refractivity contribution in [3.8, 4) is 0 Å². The molecule has 1 amide bonds. The van der Waals surface area contributed by atoms with Gasteiger partial charge in [-0.1, -0.05) is 58.5 Å². The number of hydrogen-bond acceptors (Lipinski definition) is 5. The molecule has 1 saturated heterocycles. The zero-order valence-electron chi connectivity index (χ0n) is 16.9. The summed E-state index contributed by atoms with van der Waals surface area (Å²) < 4.78 is 25.6. The van der Waals surface area contributed by atoms with E-state index in [4.69, 9.17) is 46.4 Å². The van der Waals surface area contributed by atoms with Gasteiger partial charge in [0.25, 0.3) is 19.7 Å². The van der Waals surface area contributed by atoms with Gasteiger partial charge in [-0.25, -0.2) is 12.4 Å². The summed E-state index contributed by atoms with van der Waals surface area (Å²) in [5, 5.41) is 0.573. The van der Waals surface area contributed by atoms with E-state index >= 15 is 0 Å². The molecule has 0 bridgehead atoms. The average molecular weight is 549 g/mol. The van der Waals surface area contributed by atoms with E-state index < -0.39 is 19.7 Å². The van der Waals surface area contributed by atoms with Crippen LogP contribution in [-0.2, 0) is 14.8 Å². The van der Waals surface area contributed by atoms with Crippen molar-refractivity contribution < 1.29 is 18.0 Å². The topological polar surface area (TPSA) is 79.7 Å². The first-order chi connectivity index (χ1) is 15.5. The van der Waals surface area contributed by atoms with Gasteiger partial charge in [-0.3, -0.25) is 9.59 Å². The van der Waals surface area contributed by atoms with Gasteiger partial charge in [-0.05, 0) is 30.3 Å². The Balaban J connectivity index is 1.67. The third kappa shape index (κ3) is 4.55. The summed E-state index contributed by atoms with van der Waals surface area (Å²) in [6.45, 7) is 1.67. The molecule has 1 fully saturated rings. The highest BCUT2D eigenvalue weighted by Gasteiger charge is 2.36. The molecule has 0 saturated carbocycles. The van der Waals surface area contributed by atoms with Crippen LogP contribution in [0, 0.1) is 0 Å². The molecule has 1 aliphatic heterocycles. The second-order valence-corrected chi connectivity index (χ2v) is 11.9. The number of anilines is 1. The minimum absolute atomic E-state index is 0.0557. The van der Waals surface area contributed by atoms with E-state index in [-0.39, 0.29) is 15.5 Å². The molecule has 1 aliphatic rings. The van der Waals surface area contributed by atoms with E-state index in [0.717, 1.165) is 9.66 Å². The number of rotatable bonds is 4. The Kier molecular flexibility index (Phi) is 6.59. The first-order valence-electron chi connectivity index (χ1n) is 9.75. The van der Waals surface area contributed by atoms with Gasteiger partial charge in [0.2, 0.25) is 0 Å². The molecule has 2 heterocycles. The highest BCUT2D eigenvalue weighted by molar-refractivity contribution is 7.90. The van der Waals surface area contributed by atoms with Crippen LogP contribution in [0.1, 0.15) is 10.4 Å². The van der Waals surface area contributed by atoms with E-state index in [0.29, 0.717) is 43.4 Å². The van der Waals surface area contributed by atoms with Crippen LogP contribution in [0.25, 0.3) is 10.9 Å². The second-order valence-electron chi connectivity index (χ2n) is 7.41. The number of benzene rings is 2. The third-order valence-electron chi connectivity index (χ3n) is 5.46. The lowest BCUT2D eigenvalue weighted by molar-refractivity contribution is -0.130. The first-order valence-corrected chi connectivity index (χ1v) is 12.7. The zero-order valence-corrected chi connectivity index (χ0v) is 20.8. The predicted molar refractivity (Wildman–Crippen MR) is 130 cm³/mol. The number of nitrogens with zero attached hydrogens (tertiary/aromatic N) is 3. The van der Waals surface area contributed by atoms with Crippen LogP contribution in [0.3, 0.4) is 0 Å². The van der Waals surface area contributed by atoms with Gasteiger partial charge in [-0.2, -0.15) is 0 Å². The lowest BCUT2D eigenvalue weighted by atomic mass is 10.1. The summed E-state index contributed by atoms with van der Waals surface area (Å²) in [6, 6.07) is 11.3. The molecule has 3 aromatic rings. The highest BCUT2D eigenvalue weighted by atomic mass is 35.6. The molecule has 1 aromatic heterocycles. The fourth-order valence-electron chi connectivity index (χ4n) is 3.81. The van der Waals surface area contributed by atoms with Gasteiger partial charge in [0, 0.05) is 49.0 Å². The molecule has 33 heavy (non-hydrogen) atoms. The SMILES string of the molecule is O=Cc1cn(S(=O)(=O)c2ccccc2Cl)c2ccc(N3CCN(C(=O)C(Cl)(Cl)Cl)CC3)cc12. The Labute approximate surface area is 210 Å². The van der Waals surface area contributed by atoms with Crippen LogP contribution in [0.5, 0.6) is 0 Å². The summed E-state index contributed by atoms with van der Waals surface area (Å²) in [6.07, 6.45) is 1.90. The number of amides is 1. The molecule has 0 N–H and O–H groups in total. The summed E-state index contributed by atoms with van der Waals surface area (Å²) >= 11 is 23.2. The second kappa shape index (κ2) is 9.00. The fraction of sp³-hybridized carbons (Fsp3) is 0.238. The minimum atomic E-state index is -4.02. The Bertz CT molecular complexity index is 1340. The molecule has 174 valence electrons. The normalized spacial score (nSPS) is 15.2. The number of fused-ring (bicyclic) bond motifs is 1. The van der Waals surface area contributed by atoms with Crippen molar-refractivity contribution in [2.75, 3.05) is 31.1 Å². The predicted octanol–water partition coefficient (Wildman–Crippen LogP) is 4.36. The first kappa shape index (κ1) is 24.2. The molecule has 7 nitrogen and oxygen atoms in total. The number of carbonyl (C=O) groups excluding carboxylic acids is 2. The summed E-state index contributed by atoms with van der Waals surface area (Å²) in [4.78, 5) is 27.3. The summed E-state index contributed by atoms with van der Waals surface area (Å²) in [5.41, 5.74) is 1.36. The molecular formula is C21H17Cl4N3O4S. The summed E-state index contributed by atoms with van der Waals surface area (Å²) in [5.74, 6) is -0.576. The van der Waals surface area contributed by atoms with Gasteiger partial charge >= 0.3 is 0 Å². The number of halogens is 4. The number of piperazine rings is 1. The smallest absolute Gasteiger partial charge is 0.274 e. The number of carbonyl (C=O) groups is 2. The average Bonchev–Trinajstić information content (AvgIpc) is 3.17. The van der Waals surface area contributed by atoms with E-state index in [1.165, 1.54) is 23.2 Å². The molecule has 2 aromatic carbocycles. The summed E-state index contributed by atoms with van der Waals surface area (Å²) in [7, 11) is -4.02. The van der Waals surface area contributed by atoms with Gasteiger partial charge in [0.05, 0.1) is 10.5 Å². The van der Waals surface area contributed by atoms with E-state index in [2.05, 4.69) is 0 Å². The van der Waals surface area contributed by atoms with E-state index in [1.54, 1.807) is 30.3 Å². The lowest BCUT2D eigenvalue weighted by Crippen LogP contribution is -2.51. The van der Waals surface area contributed by atoms with Gasteiger partial charge in [-0.15, -0.1) is 0 Å². The van der Waals surface area contributed by atoms with Crippen LogP contribution >= 0.6 is 46.4 Å². The number of aldehydes is 1. The van der Waals surface area contributed by atoms with Crippen molar-refractivity contribution in [3.63, 3.8) is 0 Å². The lowest BCUT2D eigenvalue weighted by Gasteiger charge is -2.37. The largest absolute Gasteiger partial charge is 0.368 e. The monoisotopic (exact) mass is 547 g/mol. The molecule has 12 heteroatoms. The highest BCUT2D eigenvalue weighted by Crippen LogP contribution is 2.32. The Morgan fingerprint density at radius 1 is 1.00 bits per heavy atom. The Hall–Kier alpha value is -1.97. The Morgan fingerprint density at radius 2 is 1.67 bits per heavy atom. The van der Waals surface area contributed by atoms with Crippen molar-refractivity contribution in [2.45, 2.75) is 8.69 Å². The quantitative estimate of drug-likeness (QED) is 0.357. The molecule has 0 unspecified atom stereocenters. The number of alkyl halides is 3. The molecular weight excluding hydrogens is 532 g/mol. The van der Waals surface area contributed by atoms with Crippen LogP contribution in [0.2, 0.25) is 5.02 Å². The zero-order chi connectivity index (χ0) is 24.0. The van der Waals surface area contributed by atoms with Gasteiger partial charge in [0.1, 0.15) is 4.90 Å². The maximum absolute atomic E-state index is 13.2. The van der Waals surface area contributed by atoms with E-state index in [1.807, 2.05) is 4.90 Å². The van der Waals surface area contributed by atoms with Crippen molar-refractivity contribution in [2.24, 2.45) is 0 Å². The van der Waals surface area contributed by atoms with Crippen molar-refractivity contribution >= 4 is 85.2 Å². The fourth-order valence-corrected chi connectivity index (χ4v) is 6.04. The van der Waals surface area contributed by atoms with E-state index in [9.17, 15) is 18.0 Å².